The van der Waals surface area contributed by atoms with Crippen molar-refractivity contribution in [3.05, 3.63) is 27.3 Å². The highest BCUT2D eigenvalue weighted by Gasteiger charge is 2.11. The molecule has 2 aromatic heterocycles. The summed E-state index contributed by atoms with van der Waals surface area (Å²) in [7, 11) is 3.32. The number of nitrogens with one attached hydrogen (secondary N) is 1. The van der Waals surface area contributed by atoms with E-state index in [1.54, 1.807) is 24.9 Å². The summed E-state index contributed by atoms with van der Waals surface area (Å²) in [6.45, 7) is 0. The Bertz CT molecular complexity index is 585. The normalized spacial score (nSPS) is 10.5. The Morgan fingerprint density at radius 3 is 2.56 bits per heavy atom. The molecule has 8 heteroatoms. The third-order valence-corrected chi connectivity index (χ3v) is 3.14. The highest BCUT2D eigenvalue weighted by molar-refractivity contribution is 6.42. The van der Waals surface area contributed by atoms with Crippen LogP contribution >= 0.6 is 34.8 Å². The first-order valence-corrected chi connectivity index (χ1v) is 6.01. The predicted octanol–water partition coefficient (Wildman–Crippen LogP) is 3.53. The van der Waals surface area contributed by atoms with E-state index in [0.717, 1.165) is 0 Å². The van der Waals surface area contributed by atoms with Crippen LogP contribution in [0.3, 0.4) is 0 Å². The summed E-state index contributed by atoms with van der Waals surface area (Å²) in [5.74, 6) is 1.53. The Labute approximate surface area is 119 Å². The molecule has 2 rings (SSSR count). The van der Waals surface area contributed by atoms with Gasteiger partial charge in [-0.15, -0.1) is 0 Å². The minimum atomic E-state index is 0.173. The molecule has 0 unspecified atom stereocenters. The summed E-state index contributed by atoms with van der Waals surface area (Å²) in [5.41, 5.74) is 0. The number of aromatic nitrogens is 3. The van der Waals surface area contributed by atoms with E-state index in [1.165, 1.54) is 6.07 Å². The monoisotopic (exact) mass is 306 g/mol. The van der Waals surface area contributed by atoms with Crippen molar-refractivity contribution in [2.24, 2.45) is 7.05 Å². The van der Waals surface area contributed by atoms with Crippen LogP contribution in [-0.2, 0) is 7.05 Å². The molecule has 0 aliphatic carbocycles. The molecule has 0 saturated heterocycles. The van der Waals surface area contributed by atoms with Crippen LogP contribution in [-0.4, -0.2) is 21.9 Å². The minimum absolute atomic E-state index is 0.173. The lowest BCUT2D eigenvalue weighted by molar-refractivity contribution is 0.373. The SMILES string of the molecule is COc1cc(Nc2nc(Cl)c(Cl)cc2Cl)nn1C. The Hall–Kier alpha value is -1.17. The topological polar surface area (TPSA) is 52.0 Å². The van der Waals surface area contributed by atoms with E-state index >= 15 is 0 Å². The van der Waals surface area contributed by atoms with Crippen molar-refractivity contribution < 1.29 is 4.74 Å². The second kappa shape index (κ2) is 5.22. The van der Waals surface area contributed by atoms with Gasteiger partial charge in [0.15, 0.2) is 11.6 Å². The van der Waals surface area contributed by atoms with Gasteiger partial charge in [0.1, 0.15) is 5.15 Å². The number of anilines is 2. The quantitative estimate of drug-likeness (QED) is 0.881. The molecule has 2 heterocycles. The van der Waals surface area contributed by atoms with Crippen molar-refractivity contribution in [2.75, 3.05) is 12.4 Å². The predicted molar refractivity (Wildman–Crippen MR) is 72.3 cm³/mol. The van der Waals surface area contributed by atoms with Crippen LogP contribution in [0.4, 0.5) is 11.6 Å². The largest absolute Gasteiger partial charge is 0.481 e. The van der Waals surface area contributed by atoms with Crippen LogP contribution in [0, 0.1) is 0 Å². The summed E-state index contributed by atoms with van der Waals surface area (Å²) in [5, 5.41) is 7.94. The van der Waals surface area contributed by atoms with Gasteiger partial charge in [0.05, 0.1) is 17.2 Å². The van der Waals surface area contributed by atoms with Crippen molar-refractivity contribution in [1.82, 2.24) is 14.8 Å². The van der Waals surface area contributed by atoms with Crippen LogP contribution in [0.2, 0.25) is 15.2 Å². The van der Waals surface area contributed by atoms with Gasteiger partial charge in [-0.05, 0) is 6.07 Å². The number of ether oxygens (including phenoxy) is 1. The van der Waals surface area contributed by atoms with Crippen LogP contribution in [0.5, 0.6) is 5.88 Å². The van der Waals surface area contributed by atoms with Gasteiger partial charge in [-0.1, -0.05) is 34.8 Å². The lowest BCUT2D eigenvalue weighted by Gasteiger charge is -2.05. The highest BCUT2D eigenvalue weighted by Crippen LogP contribution is 2.30. The average Bonchev–Trinajstić information content (AvgIpc) is 2.66. The van der Waals surface area contributed by atoms with E-state index in [1.807, 2.05) is 0 Å². The molecular weight excluding hydrogens is 298 g/mol. The Kier molecular flexibility index (Phi) is 3.85. The number of rotatable bonds is 3. The van der Waals surface area contributed by atoms with E-state index in [0.29, 0.717) is 27.6 Å². The van der Waals surface area contributed by atoms with Crippen LogP contribution < -0.4 is 10.1 Å². The average molecular weight is 308 g/mol. The maximum absolute atomic E-state index is 6.00. The molecule has 0 spiro atoms. The Balaban J connectivity index is 2.30. The fraction of sp³-hybridized carbons (Fsp3) is 0.200. The van der Waals surface area contributed by atoms with Gasteiger partial charge in [-0.25, -0.2) is 9.67 Å². The highest BCUT2D eigenvalue weighted by atomic mass is 35.5. The minimum Gasteiger partial charge on any atom is -0.481 e. The first-order chi connectivity index (χ1) is 8.51. The molecule has 0 aliphatic rings. The summed E-state index contributed by atoms with van der Waals surface area (Å²) < 4.78 is 6.67. The molecule has 2 aromatic rings. The summed E-state index contributed by atoms with van der Waals surface area (Å²) in [6.07, 6.45) is 0. The van der Waals surface area contributed by atoms with E-state index in [9.17, 15) is 0 Å². The Morgan fingerprint density at radius 2 is 1.94 bits per heavy atom. The second-order valence-corrected chi connectivity index (χ2v) is 4.58. The molecule has 1 N–H and O–H groups in total. The van der Waals surface area contributed by atoms with Gasteiger partial charge in [0, 0.05) is 13.1 Å². The van der Waals surface area contributed by atoms with Crippen LogP contribution in [0.25, 0.3) is 0 Å². The third kappa shape index (κ3) is 2.63. The standard InChI is InChI=1S/C10H9Cl3N4O/c1-17-8(18-2)4-7(16-17)14-10-6(12)3-5(11)9(13)15-10/h3-4H,1-2H3,(H,14,15,16). The summed E-state index contributed by atoms with van der Waals surface area (Å²) in [6, 6.07) is 3.22. The fourth-order valence-electron chi connectivity index (χ4n) is 1.36. The molecule has 0 aliphatic heterocycles. The van der Waals surface area contributed by atoms with Crippen molar-refractivity contribution in [3.63, 3.8) is 0 Å². The van der Waals surface area contributed by atoms with Crippen LogP contribution in [0.1, 0.15) is 0 Å². The molecule has 5 nitrogen and oxygen atoms in total. The van der Waals surface area contributed by atoms with E-state index in [-0.39, 0.29) is 5.15 Å². The van der Waals surface area contributed by atoms with Gasteiger partial charge in [0.25, 0.3) is 0 Å². The Morgan fingerprint density at radius 1 is 1.22 bits per heavy atom. The summed E-state index contributed by atoms with van der Waals surface area (Å²) in [4.78, 5) is 4.03. The lowest BCUT2D eigenvalue weighted by Crippen LogP contribution is -1.98. The number of methoxy groups -OCH3 is 1. The third-order valence-electron chi connectivity index (χ3n) is 2.18. The molecule has 96 valence electrons. The zero-order valence-corrected chi connectivity index (χ0v) is 11.8. The van der Waals surface area contributed by atoms with Crippen LogP contribution in [0.15, 0.2) is 12.1 Å². The molecule has 0 amide bonds. The van der Waals surface area contributed by atoms with E-state index in [2.05, 4.69) is 15.4 Å². The van der Waals surface area contributed by atoms with Crippen molar-refractivity contribution >= 4 is 46.4 Å². The first-order valence-electron chi connectivity index (χ1n) is 4.88. The van der Waals surface area contributed by atoms with Crippen molar-refractivity contribution in [2.45, 2.75) is 0 Å². The zero-order valence-electron chi connectivity index (χ0n) is 9.54. The number of nitrogens with zero attached hydrogens (tertiary/aromatic N) is 3. The van der Waals surface area contributed by atoms with E-state index < -0.39 is 0 Å². The van der Waals surface area contributed by atoms with Gasteiger partial charge in [0.2, 0.25) is 5.88 Å². The number of pyridine rings is 1. The molecule has 0 atom stereocenters. The number of hydrogen-bond donors (Lipinski definition) is 1. The summed E-state index contributed by atoms with van der Waals surface area (Å²) >= 11 is 17.6. The smallest absolute Gasteiger partial charge is 0.213 e. The molecule has 0 radical (unpaired) electrons. The van der Waals surface area contributed by atoms with Gasteiger partial charge < -0.3 is 10.1 Å². The van der Waals surface area contributed by atoms with Gasteiger partial charge in [-0.2, -0.15) is 5.10 Å². The molecule has 0 aromatic carbocycles. The van der Waals surface area contributed by atoms with Crippen molar-refractivity contribution in [3.8, 4) is 5.88 Å². The maximum atomic E-state index is 6.00. The number of hydrogen-bond acceptors (Lipinski definition) is 4. The molecule has 18 heavy (non-hydrogen) atoms. The van der Waals surface area contributed by atoms with Gasteiger partial charge >= 0.3 is 0 Å². The first kappa shape index (κ1) is 13.3. The van der Waals surface area contributed by atoms with Crippen molar-refractivity contribution in [1.29, 1.82) is 0 Å². The number of halogens is 3. The zero-order chi connectivity index (χ0) is 13.3. The number of aryl methyl sites for hydroxylation is 1. The molecule has 0 fully saturated rings. The molecular formula is C10H9Cl3N4O. The molecule has 0 bridgehead atoms. The maximum Gasteiger partial charge on any atom is 0.213 e. The molecule has 0 saturated carbocycles. The van der Waals surface area contributed by atoms with E-state index in [4.69, 9.17) is 39.5 Å². The fourth-order valence-corrected chi connectivity index (χ4v) is 1.90. The second-order valence-electron chi connectivity index (χ2n) is 3.41. The lowest BCUT2D eigenvalue weighted by atomic mass is 10.4. The van der Waals surface area contributed by atoms with Gasteiger partial charge in [-0.3, -0.25) is 0 Å².